The molecule has 172 valence electrons. The fraction of sp³-hybridized carbons (Fsp3) is 0.143. The summed E-state index contributed by atoms with van der Waals surface area (Å²) in [5, 5.41) is 20.5. The molecule has 3 aromatic rings. The third-order valence-corrected chi connectivity index (χ3v) is 7.46. The fourth-order valence-corrected chi connectivity index (χ4v) is 6.03. The van der Waals surface area contributed by atoms with Crippen molar-refractivity contribution in [3.63, 3.8) is 0 Å². The van der Waals surface area contributed by atoms with Gasteiger partial charge < -0.3 is 0 Å². The molecule has 8 heteroatoms. The zero-order valence-electron chi connectivity index (χ0n) is 18.7. The number of benzene rings is 3. The molecule has 0 atom stereocenters. The first kappa shape index (κ1) is 23.3. The van der Waals surface area contributed by atoms with Crippen LogP contribution >= 0.6 is 11.8 Å². The summed E-state index contributed by atoms with van der Waals surface area (Å²) >= 11 is -0.218. The van der Waals surface area contributed by atoms with E-state index in [1.165, 1.54) is 12.1 Å². The van der Waals surface area contributed by atoms with Gasteiger partial charge in [0.15, 0.2) is 0 Å². The molecular weight excluding hydrogens is 481 g/mol. The molecular formula is C28H13F3N4S. The molecule has 5 rings (SSSR count). The first-order valence-electron chi connectivity index (χ1n) is 10.7. The van der Waals surface area contributed by atoms with Crippen molar-refractivity contribution in [1.29, 1.82) is 10.5 Å². The quantitative estimate of drug-likeness (QED) is 0.217. The van der Waals surface area contributed by atoms with Gasteiger partial charge in [0, 0.05) is 10.1 Å². The van der Waals surface area contributed by atoms with Crippen molar-refractivity contribution in [3.8, 4) is 34.4 Å². The number of fused-ring (bicyclic) bond motifs is 6. The van der Waals surface area contributed by atoms with Gasteiger partial charge in [-0.3, -0.25) is 0 Å². The second-order valence-electron chi connectivity index (χ2n) is 8.39. The highest BCUT2D eigenvalue weighted by Crippen LogP contribution is 2.46. The van der Waals surface area contributed by atoms with Crippen LogP contribution < -0.4 is 10.4 Å². The molecule has 0 aliphatic heterocycles. The Hall–Kier alpha value is -4.50. The zero-order chi connectivity index (χ0) is 25.8. The minimum Gasteiger partial charge on any atom is -0.226 e. The van der Waals surface area contributed by atoms with Crippen molar-refractivity contribution in [2.45, 2.75) is 30.2 Å². The third-order valence-electron chi connectivity index (χ3n) is 6.63. The first-order valence-corrected chi connectivity index (χ1v) is 11.5. The predicted molar refractivity (Wildman–Crippen MR) is 130 cm³/mol. The van der Waals surface area contributed by atoms with Gasteiger partial charge in [-0.05, 0) is 92.9 Å². The Morgan fingerprint density at radius 3 is 1.92 bits per heavy atom. The summed E-state index contributed by atoms with van der Waals surface area (Å²) < 4.78 is 40.1. The average Bonchev–Trinajstić information content (AvgIpc) is 3.41. The summed E-state index contributed by atoms with van der Waals surface area (Å²) in [6, 6.07) is 14.2. The molecule has 0 heterocycles. The van der Waals surface area contributed by atoms with Crippen LogP contribution in [0.5, 0.6) is 0 Å². The molecule has 2 aliphatic carbocycles. The highest BCUT2D eigenvalue weighted by Gasteiger charge is 2.36. The van der Waals surface area contributed by atoms with E-state index < -0.39 is 5.51 Å². The lowest BCUT2D eigenvalue weighted by Crippen LogP contribution is -2.25. The Balaban J connectivity index is 2.06. The highest BCUT2D eigenvalue weighted by molar-refractivity contribution is 8.00. The standard InChI is InChI=1S/C28H13F3N4S/c1-14-6-4-7-15-17(14)10-19-24(21(12-32)34-2)20-11-18-16(8-5-9-23(18)36-28(29,30)31)26(20)27(25(15)19)22(13-33)35-3/h4-9H,10-11H2,1H3/b24-21+,27-22+. The van der Waals surface area contributed by atoms with Gasteiger partial charge in [-0.25, -0.2) is 20.2 Å². The lowest BCUT2D eigenvalue weighted by Gasteiger charge is -2.13. The molecule has 0 saturated heterocycles. The largest absolute Gasteiger partial charge is 0.446 e. The number of halogens is 3. The Morgan fingerprint density at radius 1 is 0.833 bits per heavy atom. The zero-order valence-corrected chi connectivity index (χ0v) is 19.5. The van der Waals surface area contributed by atoms with E-state index in [-0.39, 0.29) is 34.5 Å². The molecule has 0 fully saturated rings. The van der Waals surface area contributed by atoms with Gasteiger partial charge in [-0.15, -0.1) is 0 Å². The first-order chi connectivity index (χ1) is 17.2. The van der Waals surface area contributed by atoms with Crippen molar-refractivity contribution < 1.29 is 13.2 Å². The van der Waals surface area contributed by atoms with Gasteiger partial charge in [0.05, 0.1) is 25.3 Å². The van der Waals surface area contributed by atoms with Crippen molar-refractivity contribution in [1.82, 2.24) is 0 Å². The number of hydrogen-bond acceptors (Lipinski definition) is 3. The lowest BCUT2D eigenvalue weighted by molar-refractivity contribution is -0.0328. The van der Waals surface area contributed by atoms with E-state index in [0.29, 0.717) is 50.2 Å². The van der Waals surface area contributed by atoms with Crippen LogP contribution in [0.25, 0.3) is 43.3 Å². The second kappa shape index (κ2) is 8.31. The van der Waals surface area contributed by atoms with Gasteiger partial charge in [0.25, 0.3) is 11.4 Å². The SMILES string of the molecule is [C-]#[N+]/C(C#N)=c1\c2c(/c(=C(/C#N)[N+]#[C-])c3c1Cc1c(SC(F)(F)F)cccc1-3)-c1cccc(C)c1C2. The monoisotopic (exact) mass is 494 g/mol. The predicted octanol–water partition coefficient (Wildman–Crippen LogP) is 5.85. The number of nitrogens with zero attached hydrogens (tertiary/aromatic N) is 4. The van der Waals surface area contributed by atoms with E-state index in [1.54, 1.807) is 6.07 Å². The topological polar surface area (TPSA) is 56.3 Å². The summed E-state index contributed by atoms with van der Waals surface area (Å²) in [5.74, 6) is 0. The second-order valence-corrected chi connectivity index (χ2v) is 9.49. The van der Waals surface area contributed by atoms with Crippen molar-refractivity contribution in [2.75, 3.05) is 0 Å². The maximum atomic E-state index is 13.4. The van der Waals surface area contributed by atoms with Crippen LogP contribution in [0.3, 0.4) is 0 Å². The summed E-state index contributed by atoms with van der Waals surface area (Å²) in [7, 11) is 0. The number of nitriles is 2. The normalized spacial score (nSPS) is 14.2. The van der Waals surface area contributed by atoms with Crippen LogP contribution in [0, 0.1) is 42.7 Å². The van der Waals surface area contributed by atoms with E-state index in [0.717, 1.165) is 16.7 Å². The van der Waals surface area contributed by atoms with Crippen LogP contribution in [0.2, 0.25) is 0 Å². The summed E-state index contributed by atoms with van der Waals surface area (Å²) in [4.78, 5) is 6.97. The van der Waals surface area contributed by atoms with Gasteiger partial charge in [0.2, 0.25) is 0 Å². The van der Waals surface area contributed by atoms with E-state index in [2.05, 4.69) is 9.69 Å². The van der Waals surface area contributed by atoms with E-state index in [1.807, 2.05) is 37.3 Å². The smallest absolute Gasteiger partial charge is 0.226 e. The highest BCUT2D eigenvalue weighted by atomic mass is 32.2. The lowest BCUT2D eigenvalue weighted by atomic mass is 9.90. The van der Waals surface area contributed by atoms with Crippen molar-refractivity contribution in [3.05, 3.63) is 97.5 Å². The summed E-state index contributed by atoms with van der Waals surface area (Å²) in [6.07, 6.45) is 0.455. The molecule has 3 aromatic carbocycles. The van der Waals surface area contributed by atoms with Gasteiger partial charge in [-0.1, -0.05) is 30.3 Å². The molecule has 4 nitrogen and oxygen atoms in total. The molecule has 36 heavy (non-hydrogen) atoms. The molecule has 0 N–H and O–H groups in total. The molecule has 0 radical (unpaired) electrons. The fourth-order valence-electron chi connectivity index (χ4n) is 5.33. The van der Waals surface area contributed by atoms with Crippen LogP contribution in [0.15, 0.2) is 41.3 Å². The Morgan fingerprint density at radius 2 is 1.36 bits per heavy atom. The van der Waals surface area contributed by atoms with Gasteiger partial charge in [-0.2, -0.15) is 13.2 Å². The van der Waals surface area contributed by atoms with Gasteiger partial charge >= 0.3 is 5.51 Å². The van der Waals surface area contributed by atoms with Crippen molar-refractivity contribution in [2.24, 2.45) is 0 Å². The van der Waals surface area contributed by atoms with Crippen LogP contribution in [0.1, 0.15) is 27.8 Å². The maximum Gasteiger partial charge on any atom is 0.446 e. The molecule has 0 saturated carbocycles. The molecule has 0 amide bonds. The van der Waals surface area contributed by atoms with Gasteiger partial charge in [0.1, 0.15) is 0 Å². The van der Waals surface area contributed by atoms with Crippen molar-refractivity contribution >= 4 is 23.2 Å². The van der Waals surface area contributed by atoms with E-state index >= 15 is 0 Å². The number of aryl methyl sites for hydroxylation is 1. The molecule has 0 bridgehead atoms. The number of hydrogen-bond donors (Lipinski definition) is 0. The summed E-state index contributed by atoms with van der Waals surface area (Å²) in [5.41, 5.74) is 1.08. The number of rotatable bonds is 1. The molecule has 2 aliphatic rings. The maximum absolute atomic E-state index is 13.4. The summed E-state index contributed by atoms with van der Waals surface area (Å²) in [6.45, 7) is 17.3. The van der Waals surface area contributed by atoms with Crippen LogP contribution in [0.4, 0.5) is 13.2 Å². The molecule has 0 aromatic heterocycles. The van der Waals surface area contributed by atoms with Crippen LogP contribution in [-0.2, 0) is 12.8 Å². The minimum atomic E-state index is -4.51. The molecule has 0 spiro atoms. The van der Waals surface area contributed by atoms with Crippen LogP contribution in [-0.4, -0.2) is 5.51 Å². The Labute approximate surface area is 208 Å². The minimum absolute atomic E-state index is 0.0205. The third kappa shape index (κ3) is 3.36. The molecule has 0 unspecified atom stereocenters. The Bertz CT molecular complexity index is 1770. The Kier molecular flexibility index (Phi) is 5.37. The number of alkyl halides is 3. The van der Waals surface area contributed by atoms with E-state index in [9.17, 15) is 23.7 Å². The number of thioether (sulfide) groups is 1. The van der Waals surface area contributed by atoms with E-state index in [4.69, 9.17) is 13.1 Å². The average molecular weight is 495 g/mol.